The maximum atomic E-state index is 12.3. The lowest BCUT2D eigenvalue weighted by atomic mass is 10.3. The van der Waals surface area contributed by atoms with Crippen molar-refractivity contribution in [1.82, 2.24) is 8.97 Å². The number of nitrogens with one attached hydrogen (secondary N) is 1. The Morgan fingerprint density at radius 2 is 1.96 bits per heavy atom. The molecular weight excluding hydrogens is 405 g/mol. The SMILES string of the molecule is O=C(Cn1ccn2cc(Br)cc2c1=O)Nc1ccc(Cl)c(Cl)c1. The molecule has 2 aromatic heterocycles. The summed E-state index contributed by atoms with van der Waals surface area (Å²) in [5.74, 6) is -0.333. The van der Waals surface area contributed by atoms with E-state index in [1.54, 1.807) is 47.3 Å². The van der Waals surface area contributed by atoms with Crippen LogP contribution in [0.3, 0.4) is 0 Å². The van der Waals surface area contributed by atoms with Crippen LogP contribution in [0.1, 0.15) is 0 Å². The van der Waals surface area contributed by atoms with Gasteiger partial charge in [0.15, 0.2) is 0 Å². The van der Waals surface area contributed by atoms with Crippen LogP contribution in [0.4, 0.5) is 5.69 Å². The summed E-state index contributed by atoms with van der Waals surface area (Å²) in [6.07, 6.45) is 5.06. The van der Waals surface area contributed by atoms with Gasteiger partial charge in [0.1, 0.15) is 12.1 Å². The van der Waals surface area contributed by atoms with Crippen LogP contribution in [0, 0.1) is 0 Å². The first-order valence-electron chi connectivity index (χ1n) is 6.55. The van der Waals surface area contributed by atoms with Crippen molar-refractivity contribution in [3.05, 3.63) is 67.7 Å². The highest BCUT2D eigenvalue weighted by atomic mass is 79.9. The second kappa shape index (κ2) is 6.39. The first-order chi connectivity index (χ1) is 10.9. The lowest BCUT2D eigenvalue weighted by molar-refractivity contribution is -0.116. The molecule has 3 rings (SSSR count). The molecule has 1 N–H and O–H groups in total. The first kappa shape index (κ1) is 16.1. The van der Waals surface area contributed by atoms with E-state index in [0.717, 1.165) is 4.47 Å². The zero-order valence-electron chi connectivity index (χ0n) is 11.6. The van der Waals surface area contributed by atoms with Gasteiger partial charge in [0.25, 0.3) is 5.56 Å². The molecule has 0 aliphatic carbocycles. The second-order valence-electron chi connectivity index (χ2n) is 4.86. The number of aromatic nitrogens is 2. The standard InChI is InChI=1S/C15H10BrCl2N3O2/c16-9-5-13-15(23)21(4-3-20(13)7-9)8-14(22)19-10-1-2-11(17)12(18)6-10/h1-7H,8H2,(H,19,22). The third-order valence-electron chi connectivity index (χ3n) is 3.22. The van der Waals surface area contributed by atoms with E-state index in [9.17, 15) is 9.59 Å². The zero-order valence-corrected chi connectivity index (χ0v) is 14.7. The molecule has 5 nitrogen and oxygen atoms in total. The van der Waals surface area contributed by atoms with Gasteiger partial charge in [-0.15, -0.1) is 0 Å². The topological polar surface area (TPSA) is 55.5 Å². The summed E-state index contributed by atoms with van der Waals surface area (Å²) < 4.78 is 3.83. The highest BCUT2D eigenvalue weighted by molar-refractivity contribution is 9.10. The van der Waals surface area contributed by atoms with Crippen LogP contribution in [-0.4, -0.2) is 14.9 Å². The summed E-state index contributed by atoms with van der Waals surface area (Å²) in [6, 6.07) is 6.49. The van der Waals surface area contributed by atoms with E-state index in [4.69, 9.17) is 23.2 Å². The molecule has 0 atom stereocenters. The maximum Gasteiger partial charge on any atom is 0.275 e. The van der Waals surface area contributed by atoms with Gasteiger partial charge in [0.05, 0.1) is 10.0 Å². The zero-order chi connectivity index (χ0) is 16.6. The molecule has 3 aromatic rings. The third-order valence-corrected chi connectivity index (χ3v) is 4.39. The van der Waals surface area contributed by atoms with Crippen molar-refractivity contribution < 1.29 is 4.79 Å². The molecule has 2 heterocycles. The summed E-state index contributed by atoms with van der Waals surface area (Å²) >= 11 is 15.1. The number of nitrogens with zero attached hydrogens (tertiary/aromatic N) is 2. The van der Waals surface area contributed by atoms with Crippen LogP contribution in [-0.2, 0) is 11.3 Å². The van der Waals surface area contributed by atoms with Crippen LogP contribution in [0.25, 0.3) is 5.52 Å². The van der Waals surface area contributed by atoms with Crippen molar-refractivity contribution in [1.29, 1.82) is 0 Å². The van der Waals surface area contributed by atoms with Crippen LogP contribution >= 0.6 is 39.1 Å². The number of hydrogen-bond acceptors (Lipinski definition) is 2. The maximum absolute atomic E-state index is 12.3. The van der Waals surface area contributed by atoms with Gasteiger partial charge in [0, 0.05) is 28.8 Å². The average Bonchev–Trinajstić information content (AvgIpc) is 2.87. The highest BCUT2D eigenvalue weighted by Crippen LogP contribution is 2.24. The monoisotopic (exact) mass is 413 g/mol. The number of rotatable bonds is 3. The van der Waals surface area contributed by atoms with Gasteiger partial charge < -0.3 is 14.3 Å². The molecule has 0 spiro atoms. The molecular formula is C15H10BrCl2N3O2. The van der Waals surface area contributed by atoms with Gasteiger partial charge >= 0.3 is 0 Å². The lowest BCUT2D eigenvalue weighted by Gasteiger charge is -2.08. The van der Waals surface area contributed by atoms with Crippen molar-refractivity contribution in [2.75, 3.05) is 5.32 Å². The summed E-state index contributed by atoms with van der Waals surface area (Å²) in [7, 11) is 0. The van der Waals surface area contributed by atoms with E-state index < -0.39 is 0 Å². The van der Waals surface area contributed by atoms with Crippen molar-refractivity contribution in [3.8, 4) is 0 Å². The molecule has 0 unspecified atom stereocenters. The van der Waals surface area contributed by atoms with E-state index in [-0.39, 0.29) is 18.0 Å². The van der Waals surface area contributed by atoms with Crippen LogP contribution in [0.2, 0.25) is 10.0 Å². The minimum Gasteiger partial charge on any atom is -0.324 e. The Bertz CT molecular complexity index is 965. The number of halogens is 3. The fraction of sp³-hybridized carbons (Fsp3) is 0.0667. The Balaban J connectivity index is 1.81. The van der Waals surface area contributed by atoms with E-state index in [0.29, 0.717) is 21.2 Å². The molecule has 118 valence electrons. The molecule has 23 heavy (non-hydrogen) atoms. The predicted molar refractivity (Wildman–Crippen MR) is 94.4 cm³/mol. The molecule has 0 saturated carbocycles. The summed E-state index contributed by atoms with van der Waals surface area (Å²) in [4.78, 5) is 24.4. The van der Waals surface area contributed by atoms with Crippen molar-refractivity contribution in [3.63, 3.8) is 0 Å². The van der Waals surface area contributed by atoms with E-state index in [1.807, 2.05) is 0 Å². The Morgan fingerprint density at radius 3 is 2.70 bits per heavy atom. The molecule has 0 aliphatic heterocycles. The first-order valence-corrected chi connectivity index (χ1v) is 8.10. The highest BCUT2D eigenvalue weighted by Gasteiger charge is 2.09. The summed E-state index contributed by atoms with van der Waals surface area (Å²) in [6.45, 7) is -0.0988. The molecule has 0 aliphatic rings. The van der Waals surface area contributed by atoms with Gasteiger partial charge in [0.2, 0.25) is 5.91 Å². The summed E-state index contributed by atoms with van der Waals surface area (Å²) in [5, 5.41) is 3.44. The van der Waals surface area contributed by atoms with Crippen molar-refractivity contribution >= 4 is 56.2 Å². The molecule has 0 radical (unpaired) electrons. The number of carbonyl (C=O) groups is 1. The fourth-order valence-electron chi connectivity index (χ4n) is 2.16. The predicted octanol–water partition coefficient (Wildman–Crippen LogP) is 3.81. The number of fused-ring (bicyclic) bond motifs is 1. The van der Waals surface area contributed by atoms with Crippen LogP contribution < -0.4 is 10.9 Å². The molecule has 0 saturated heterocycles. The number of benzene rings is 1. The molecule has 1 amide bonds. The van der Waals surface area contributed by atoms with Gasteiger partial charge in [-0.1, -0.05) is 23.2 Å². The minimum atomic E-state index is -0.333. The Kier molecular flexibility index (Phi) is 4.48. The number of carbonyl (C=O) groups excluding carboxylic acids is 1. The second-order valence-corrected chi connectivity index (χ2v) is 6.59. The van der Waals surface area contributed by atoms with Gasteiger partial charge in [-0.25, -0.2) is 0 Å². The lowest BCUT2D eigenvalue weighted by Crippen LogP contribution is -2.28. The Morgan fingerprint density at radius 1 is 1.17 bits per heavy atom. The van der Waals surface area contributed by atoms with Crippen LogP contribution in [0.15, 0.2) is 52.1 Å². The molecule has 0 bridgehead atoms. The smallest absolute Gasteiger partial charge is 0.275 e. The number of amides is 1. The third kappa shape index (κ3) is 3.44. The Hall–Kier alpha value is -1.76. The largest absolute Gasteiger partial charge is 0.324 e. The number of hydrogen-bond donors (Lipinski definition) is 1. The van der Waals surface area contributed by atoms with Crippen molar-refractivity contribution in [2.45, 2.75) is 6.54 Å². The fourth-order valence-corrected chi connectivity index (χ4v) is 2.90. The van der Waals surface area contributed by atoms with Crippen molar-refractivity contribution in [2.24, 2.45) is 0 Å². The van der Waals surface area contributed by atoms with E-state index >= 15 is 0 Å². The van der Waals surface area contributed by atoms with E-state index in [2.05, 4.69) is 21.2 Å². The van der Waals surface area contributed by atoms with Gasteiger partial charge in [-0.05, 0) is 40.2 Å². The molecule has 1 aromatic carbocycles. The van der Waals surface area contributed by atoms with Gasteiger partial charge in [-0.2, -0.15) is 0 Å². The summed E-state index contributed by atoms with van der Waals surface area (Å²) in [5.41, 5.74) is 0.758. The van der Waals surface area contributed by atoms with Gasteiger partial charge in [-0.3, -0.25) is 9.59 Å². The minimum absolute atomic E-state index is 0.0988. The normalized spacial score (nSPS) is 10.9. The number of anilines is 1. The molecule has 8 heteroatoms. The average molecular weight is 415 g/mol. The van der Waals surface area contributed by atoms with E-state index in [1.165, 1.54) is 4.57 Å². The molecule has 0 fully saturated rings. The quantitative estimate of drug-likeness (QED) is 0.708. The Labute approximate surface area is 149 Å². The van der Waals surface area contributed by atoms with Crippen LogP contribution in [0.5, 0.6) is 0 Å².